The van der Waals surface area contributed by atoms with Crippen molar-refractivity contribution in [2.45, 2.75) is 39.8 Å². The van der Waals surface area contributed by atoms with Crippen molar-refractivity contribution in [3.8, 4) is 0 Å². The van der Waals surface area contributed by atoms with Crippen LogP contribution in [0.25, 0.3) is 0 Å². The van der Waals surface area contributed by atoms with Crippen LogP contribution in [0, 0.1) is 5.92 Å². The molecule has 0 aliphatic rings. The molecule has 0 saturated heterocycles. The molecular weight excluding hydrogens is 334 g/mol. The Morgan fingerprint density at radius 2 is 2.00 bits per heavy atom. The summed E-state index contributed by atoms with van der Waals surface area (Å²) in [6.45, 7) is 6.54. The number of carbonyl (C=O) groups excluding carboxylic acids is 1. The van der Waals surface area contributed by atoms with Gasteiger partial charge in [0.25, 0.3) is 5.91 Å². The highest BCUT2D eigenvalue weighted by Gasteiger charge is 2.18. The fraction of sp³-hybridized carbons (Fsp3) is 0.412. The Kier molecular flexibility index (Phi) is 5.35. The maximum atomic E-state index is 12.4. The summed E-state index contributed by atoms with van der Waals surface area (Å²) in [6, 6.07) is 6.90. The summed E-state index contributed by atoms with van der Waals surface area (Å²) in [4.78, 5) is 16.7. The summed E-state index contributed by atoms with van der Waals surface area (Å²) >= 11 is 0. The molecule has 1 atom stereocenters. The molecule has 2 heterocycles. The van der Waals surface area contributed by atoms with Crippen molar-refractivity contribution in [1.82, 2.24) is 35.7 Å². The minimum absolute atomic E-state index is 0.199. The molecule has 0 aliphatic heterocycles. The zero-order valence-corrected chi connectivity index (χ0v) is 15.0. The molecule has 3 aromatic rings. The number of aromatic nitrogens is 6. The Bertz CT molecular complexity index is 840. The van der Waals surface area contributed by atoms with E-state index in [9.17, 15) is 4.79 Å². The summed E-state index contributed by atoms with van der Waals surface area (Å²) in [5, 5.41) is 17.8. The average molecular weight is 355 g/mol. The third kappa shape index (κ3) is 4.50. The third-order valence-electron chi connectivity index (χ3n) is 3.74. The minimum atomic E-state index is -0.364. The number of hydrogen-bond donors (Lipinski definition) is 1. The van der Waals surface area contributed by atoms with Gasteiger partial charge in [-0.15, -0.1) is 5.10 Å². The van der Waals surface area contributed by atoms with Crippen LogP contribution in [0.3, 0.4) is 0 Å². The smallest absolute Gasteiger partial charge is 0.251 e. The number of nitrogens with zero attached hydrogens (tertiary/aromatic N) is 6. The lowest BCUT2D eigenvalue weighted by Gasteiger charge is -2.10. The van der Waals surface area contributed by atoms with Gasteiger partial charge in [0.2, 0.25) is 5.89 Å². The van der Waals surface area contributed by atoms with E-state index < -0.39 is 0 Å². The first kappa shape index (κ1) is 17.7. The van der Waals surface area contributed by atoms with Crippen LogP contribution in [0.1, 0.15) is 54.4 Å². The molecule has 9 nitrogen and oxygen atoms in total. The van der Waals surface area contributed by atoms with Crippen LogP contribution in [0.4, 0.5) is 0 Å². The SMILES string of the molecule is CC(C)Cc1noc([C@H](C)NC(=O)c2ccc(Cn3cnnn3)cc2)n1. The molecule has 26 heavy (non-hydrogen) atoms. The van der Waals surface area contributed by atoms with Gasteiger partial charge in [-0.2, -0.15) is 4.98 Å². The van der Waals surface area contributed by atoms with Crippen LogP contribution in [0.2, 0.25) is 0 Å². The van der Waals surface area contributed by atoms with E-state index in [0.29, 0.717) is 29.7 Å². The number of carbonyl (C=O) groups is 1. The monoisotopic (exact) mass is 355 g/mol. The molecule has 0 spiro atoms. The Morgan fingerprint density at radius 3 is 2.65 bits per heavy atom. The first-order valence-electron chi connectivity index (χ1n) is 8.44. The summed E-state index contributed by atoms with van der Waals surface area (Å²) in [6.07, 6.45) is 2.28. The molecule has 1 N–H and O–H groups in total. The van der Waals surface area contributed by atoms with E-state index in [2.05, 4.69) is 44.8 Å². The van der Waals surface area contributed by atoms with E-state index in [1.165, 1.54) is 0 Å². The van der Waals surface area contributed by atoms with Gasteiger partial charge in [0.15, 0.2) is 5.82 Å². The van der Waals surface area contributed by atoms with Gasteiger partial charge < -0.3 is 9.84 Å². The predicted molar refractivity (Wildman–Crippen MR) is 92.1 cm³/mol. The highest BCUT2D eigenvalue weighted by Crippen LogP contribution is 2.13. The fourth-order valence-electron chi connectivity index (χ4n) is 2.43. The van der Waals surface area contributed by atoms with Gasteiger partial charge in [0.05, 0.1) is 6.54 Å². The molecule has 0 fully saturated rings. The van der Waals surface area contributed by atoms with Gasteiger partial charge in [-0.05, 0) is 41.0 Å². The van der Waals surface area contributed by atoms with Gasteiger partial charge in [-0.3, -0.25) is 4.79 Å². The van der Waals surface area contributed by atoms with Gasteiger partial charge in [0, 0.05) is 12.0 Å². The summed E-state index contributed by atoms with van der Waals surface area (Å²) in [7, 11) is 0. The Hall–Kier alpha value is -3.10. The van der Waals surface area contributed by atoms with Crippen molar-refractivity contribution in [3.63, 3.8) is 0 Å². The fourth-order valence-corrected chi connectivity index (χ4v) is 2.43. The second-order valence-corrected chi connectivity index (χ2v) is 6.55. The zero-order chi connectivity index (χ0) is 18.5. The largest absolute Gasteiger partial charge is 0.341 e. The van der Waals surface area contributed by atoms with E-state index in [1.54, 1.807) is 23.1 Å². The first-order chi connectivity index (χ1) is 12.5. The maximum absolute atomic E-state index is 12.4. The number of benzene rings is 1. The van der Waals surface area contributed by atoms with E-state index in [0.717, 1.165) is 12.0 Å². The van der Waals surface area contributed by atoms with E-state index in [4.69, 9.17) is 4.52 Å². The van der Waals surface area contributed by atoms with Crippen LogP contribution in [-0.4, -0.2) is 36.3 Å². The lowest BCUT2D eigenvalue weighted by Crippen LogP contribution is -2.26. The van der Waals surface area contributed by atoms with Gasteiger partial charge in [0.1, 0.15) is 12.4 Å². The molecule has 0 bridgehead atoms. The standard InChI is InChI=1S/C17H21N7O2/c1-11(2)8-15-20-17(26-21-15)12(3)19-16(25)14-6-4-13(5-7-14)9-24-10-18-22-23-24/h4-7,10-12H,8-9H2,1-3H3,(H,19,25)/t12-/m0/s1. The average Bonchev–Trinajstić information content (AvgIpc) is 3.27. The number of amides is 1. The quantitative estimate of drug-likeness (QED) is 0.687. The first-order valence-corrected chi connectivity index (χ1v) is 8.44. The highest BCUT2D eigenvalue weighted by atomic mass is 16.5. The lowest BCUT2D eigenvalue weighted by atomic mass is 10.1. The molecule has 0 saturated carbocycles. The summed E-state index contributed by atoms with van der Waals surface area (Å²) in [5.41, 5.74) is 1.55. The van der Waals surface area contributed by atoms with Crippen molar-refractivity contribution in [2.24, 2.45) is 5.92 Å². The van der Waals surface area contributed by atoms with Crippen LogP contribution in [0.5, 0.6) is 0 Å². The van der Waals surface area contributed by atoms with Crippen LogP contribution in [0.15, 0.2) is 35.1 Å². The lowest BCUT2D eigenvalue weighted by molar-refractivity contribution is 0.0932. The molecular formula is C17H21N7O2. The van der Waals surface area contributed by atoms with E-state index in [1.807, 2.05) is 19.1 Å². The van der Waals surface area contributed by atoms with Crippen molar-refractivity contribution >= 4 is 5.91 Å². The van der Waals surface area contributed by atoms with Crippen molar-refractivity contribution < 1.29 is 9.32 Å². The minimum Gasteiger partial charge on any atom is -0.341 e. The van der Waals surface area contributed by atoms with Crippen LogP contribution in [-0.2, 0) is 13.0 Å². The normalized spacial score (nSPS) is 12.3. The molecule has 3 rings (SSSR count). The topological polar surface area (TPSA) is 112 Å². The second kappa shape index (κ2) is 7.85. The number of tetrazole rings is 1. The number of hydrogen-bond acceptors (Lipinski definition) is 7. The van der Waals surface area contributed by atoms with Gasteiger partial charge >= 0.3 is 0 Å². The second-order valence-electron chi connectivity index (χ2n) is 6.55. The molecule has 0 radical (unpaired) electrons. The molecule has 136 valence electrons. The Balaban J connectivity index is 1.59. The van der Waals surface area contributed by atoms with Crippen molar-refractivity contribution in [2.75, 3.05) is 0 Å². The maximum Gasteiger partial charge on any atom is 0.251 e. The van der Waals surface area contributed by atoms with E-state index in [-0.39, 0.29) is 11.9 Å². The zero-order valence-electron chi connectivity index (χ0n) is 15.0. The summed E-state index contributed by atoms with van der Waals surface area (Å²) < 4.78 is 6.86. The Labute approximate surface area is 150 Å². The van der Waals surface area contributed by atoms with E-state index >= 15 is 0 Å². The molecule has 1 amide bonds. The molecule has 1 aromatic carbocycles. The number of rotatable bonds is 7. The molecule has 0 unspecified atom stereocenters. The molecule has 0 aliphatic carbocycles. The third-order valence-corrected chi connectivity index (χ3v) is 3.74. The summed E-state index contributed by atoms with van der Waals surface area (Å²) in [5.74, 6) is 1.31. The van der Waals surface area contributed by atoms with Crippen LogP contribution < -0.4 is 5.32 Å². The van der Waals surface area contributed by atoms with Crippen LogP contribution >= 0.6 is 0 Å². The van der Waals surface area contributed by atoms with Crippen molar-refractivity contribution in [3.05, 3.63) is 53.4 Å². The molecule has 9 heteroatoms. The van der Waals surface area contributed by atoms with Crippen molar-refractivity contribution in [1.29, 1.82) is 0 Å². The predicted octanol–water partition coefficient (Wildman–Crippen LogP) is 1.79. The van der Waals surface area contributed by atoms with Gasteiger partial charge in [-0.25, -0.2) is 4.68 Å². The van der Waals surface area contributed by atoms with Gasteiger partial charge in [-0.1, -0.05) is 31.1 Å². The Morgan fingerprint density at radius 1 is 1.23 bits per heavy atom. The highest BCUT2D eigenvalue weighted by molar-refractivity contribution is 5.94. The number of nitrogens with one attached hydrogen (secondary N) is 1. The molecule has 2 aromatic heterocycles.